The minimum Gasteiger partial charge on any atom is -0.494 e. The highest BCUT2D eigenvalue weighted by atomic mass is 32.1. The molecule has 0 aliphatic carbocycles. The van der Waals surface area contributed by atoms with E-state index in [0.717, 1.165) is 36.2 Å². The van der Waals surface area contributed by atoms with Crippen LogP contribution < -0.4 is 10.1 Å². The summed E-state index contributed by atoms with van der Waals surface area (Å²) in [6.07, 6.45) is 8.23. The molecule has 26 heavy (non-hydrogen) atoms. The van der Waals surface area contributed by atoms with Gasteiger partial charge in [-0.1, -0.05) is 18.2 Å². The van der Waals surface area contributed by atoms with Crippen molar-refractivity contribution in [3.8, 4) is 16.9 Å². The number of pyridine rings is 1. The lowest BCUT2D eigenvalue weighted by Crippen LogP contribution is -2.17. The molecule has 4 rings (SSSR count). The second-order valence-electron chi connectivity index (χ2n) is 6.07. The smallest absolute Gasteiger partial charge is 0.119 e. The molecule has 0 fully saturated rings. The van der Waals surface area contributed by atoms with Crippen molar-refractivity contribution in [2.24, 2.45) is 0 Å². The second kappa shape index (κ2) is 8.17. The summed E-state index contributed by atoms with van der Waals surface area (Å²) >= 11 is 1.70. The molecular formula is C21H20N2O2S. The number of rotatable bonds is 8. The fourth-order valence-corrected chi connectivity index (χ4v) is 3.76. The third kappa shape index (κ3) is 3.95. The lowest BCUT2D eigenvalue weighted by molar-refractivity contribution is 0.308. The summed E-state index contributed by atoms with van der Waals surface area (Å²) in [5.41, 5.74) is 3.55. The zero-order chi connectivity index (χ0) is 17.6. The topological polar surface area (TPSA) is 47.3 Å². The van der Waals surface area contributed by atoms with Gasteiger partial charge in [-0.15, -0.1) is 11.3 Å². The van der Waals surface area contributed by atoms with Crippen molar-refractivity contribution in [2.75, 3.05) is 13.2 Å². The van der Waals surface area contributed by atoms with Crippen LogP contribution in [0.2, 0.25) is 0 Å². The van der Waals surface area contributed by atoms with Crippen LogP contribution in [0.4, 0.5) is 0 Å². The summed E-state index contributed by atoms with van der Waals surface area (Å²) in [6, 6.07) is 12.3. The first-order valence-corrected chi connectivity index (χ1v) is 9.54. The Hall–Kier alpha value is -2.63. The Morgan fingerprint density at radius 3 is 3.08 bits per heavy atom. The van der Waals surface area contributed by atoms with Crippen LogP contribution in [-0.2, 0) is 6.54 Å². The van der Waals surface area contributed by atoms with Crippen LogP contribution in [-0.4, -0.2) is 18.1 Å². The number of furan rings is 1. The molecular weight excluding hydrogens is 344 g/mol. The van der Waals surface area contributed by atoms with Gasteiger partial charge >= 0.3 is 0 Å². The zero-order valence-corrected chi connectivity index (χ0v) is 15.2. The maximum Gasteiger partial charge on any atom is 0.119 e. The number of hydrogen-bond acceptors (Lipinski definition) is 5. The molecule has 132 valence electrons. The Bertz CT molecular complexity index is 962. The van der Waals surface area contributed by atoms with E-state index in [0.29, 0.717) is 6.61 Å². The number of benzene rings is 1. The van der Waals surface area contributed by atoms with Crippen LogP contribution in [0, 0.1) is 0 Å². The second-order valence-corrected chi connectivity index (χ2v) is 6.98. The minimum absolute atomic E-state index is 0.689. The van der Waals surface area contributed by atoms with E-state index in [4.69, 9.17) is 9.15 Å². The van der Waals surface area contributed by atoms with Crippen LogP contribution in [0.15, 0.2) is 71.1 Å². The van der Waals surface area contributed by atoms with Crippen molar-refractivity contribution in [1.29, 1.82) is 0 Å². The van der Waals surface area contributed by atoms with Gasteiger partial charge in [0.05, 0.1) is 17.6 Å². The molecule has 0 radical (unpaired) electrons. The fourth-order valence-electron chi connectivity index (χ4n) is 2.86. The number of nitrogens with zero attached hydrogens (tertiary/aromatic N) is 1. The van der Waals surface area contributed by atoms with Crippen LogP contribution in [0.1, 0.15) is 12.0 Å². The van der Waals surface area contributed by atoms with E-state index < -0.39 is 0 Å². The highest BCUT2D eigenvalue weighted by Gasteiger charge is 2.09. The number of hydrogen-bond donors (Lipinski definition) is 1. The Kier molecular flexibility index (Phi) is 5.28. The summed E-state index contributed by atoms with van der Waals surface area (Å²) in [7, 11) is 0. The largest absolute Gasteiger partial charge is 0.494 e. The molecule has 4 nitrogen and oxygen atoms in total. The van der Waals surface area contributed by atoms with Gasteiger partial charge in [-0.3, -0.25) is 4.98 Å². The Morgan fingerprint density at radius 2 is 2.15 bits per heavy atom. The van der Waals surface area contributed by atoms with Crippen LogP contribution in [0.25, 0.3) is 21.2 Å². The molecule has 5 heteroatoms. The van der Waals surface area contributed by atoms with E-state index in [1.807, 2.05) is 30.7 Å². The predicted molar refractivity (Wildman–Crippen MR) is 106 cm³/mol. The van der Waals surface area contributed by atoms with Crippen molar-refractivity contribution in [2.45, 2.75) is 13.0 Å². The van der Waals surface area contributed by atoms with Crippen LogP contribution >= 0.6 is 11.3 Å². The summed E-state index contributed by atoms with van der Waals surface area (Å²) in [5, 5.41) is 6.74. The van der Waals surface area contributed by atoms with E-state index in [2.05, 4.69) is 33.9 Å². The molecule has 4 aromatic rings. The standard InChI is InChI=1S/C21H20N2O2S/c1-5-17(20-15-26-21-14-24-13-19(20)21)10-18(6-1)25-9-3-8-23-12-16-4-2-7-22-11-16/h1-2,4-7,10-11,13-15,23H,3,8-9,12H2. The molecule has 1 aromatic carbocycles. The number of fused-ring (bicyclic) bond motifs is 1. The van der Waals surface area contributed by atoms with Crippen LogP contribution in [0.5, 0.6) is 5.75 Å². The average Bonchev–Trinajstić information content (AvgIpc) is 3.29. The molecule has 0 aliphatic rings. The van der Waals surface area contributed by atoms with Crippen molar-refractivity contribution < 1.29 is 9.15 Å². The number of aromatic nitrogens is 1. The molecule has 0 amide bonds. The first-order valence-electron chi connectivity index (χ1n) is 8.66. The van der Waals surface area contributed by atoms with Gasteiger partial charge in [0.15, 0.2) is 0 Å². The van der Waals surface area contributed by atoms with Gasteiger partial charge in [0, 0.05) is 35.3 Å². The van der Waals surface area contributed by atoms with E-state index in [1.54, 1.807) is 23.8 Å². The molecule has 3 aromatic heterocycles. The molecule has 0 unspecified atom stereocenters. The lowest BCUT2D eigenvalue weighted by Gasteiger charge is -2.08. The molecule has 0 aliphatic heterocycles. The number of thiophene rings is 1. The van der Waals surface area contributed by atoms with Gasteiger partial charge in [-0.25, -0.2) is 0 Å². The lowest BCUT2D eigenvalue weighted by atomic mass is 10.1. The average molecular weight is 364 g/mol. The molecule has 1 N–H and O–H groups in total. The quantitative estimate of drug-likeness (QED) is 0.441. The Balaban J connectivity index is 1.27. The van der Waals surface area contributed by atoms with Gasteiger partial charge in [-0.05, 0) is 42.3 Å². The maximum atomic E-state index is 5.92. The molecule has 3 heterocycles. The van der Waals surface area contributed by atoms with Gasteiger partial charge in [0.25, 0.3) is 0 Å². The summed E-state index contributed by atoms with van der Waals surface area (Å²) in [5.74, 6) is 0.901. The summed E-state index contributed by atoms with van der Waals surface area (Å²) in [6.45, 7) is 2.44. The maximum absolute atomic E-state index is 5.92. The normalized spacial score (nSPS) is 11.1. The Morgan fingerprint density at radius 1 is 1.15 bits per heavy atom. The fraction of sp³-hybridized carbons (Fsp3) is 0.190. The third-order valence-electron chi connectivity index (χ3n) is 4.18. The van der Waals surface area contributed by atoms with E-state index in [1.165, 1.54) is 15.8 Å². The number of ether oxygens (including phenoxy) is 1. The Labute approximate surface area is 156 Å². The molecule has 0 spiro atoms. The van der Waals surface area contributed by atoms with E-state index in [9.17, 15) is 0 Å². The number of nitrogens with one attached hydrogen (secondary N) is 1. The van der Waals surface area contributed by atoms with Gasteiger partial charge in [-0.2, -0.15) is 0 Å². The van der Waals surface area contributed by atoms with E-state index in [-0.39, 0.29) is 0 Å². The van der Waals surface area contributed by atoms with Crippen molar-refractivity contribution in [1.82, 2.24) is 10.3 Å². The summed E-state index contributed by atoms with van der Waals surface area (Å²) < 4.78 is 12.4. The van der Waals surface area contributed by atoms with Gasteiger partial charge in [0.1, 0.15) is 12.0 Å². The van der Waals surface area contributed by atoms with E-state index >= 15 is 0 Å². The third-order valence-corrected chi connectivity index (χ3v) is 5.11. The predicted octanol–water partition coefficient (Wildman–Crippen LogP) is 5.12. The van der Waals surface area contributed by atoms with Gasteiger partial charge < -0.3 is 14.5 Å². The van der Waals surface area contributed by atoms with Gasteiger partial charge in [0.2, 0.25) is 0 Å². The molecule has 0 saturated carbocycles. The SMILES string of the molecule is c1cncc(CNCCCOc2cccc(-c3csc4cocc34)c2)c1. The minimum atomic E-state index is 0.689. The highest BCUT2D eigenvalue weighted by molar-refractivity contribution is 7.17. The zero-order valence-electron chi connectivity index (χ0n) is 14.4. The first kappa shape index (κ1) is 16.8. The molecule has 0 saturated heterocycles. The van der Waals surface area contributed by atoms with Crippen molar-refractivity contribution in [3.05, 3.63) is 72.3 Å². The monoisotopic (exact) mass is 364 g/mol. The van der Waals surface area contributed by atoms with Crippen molar-refractivity contribution in [3.63, 3.8) is 0 Å². The summed E-state index contributed by atoms with van der Waals surface area (Å²) in [4.78, 5) is 4.11. The van der Waals surface area contributed by atoms with Crippen molar-refractivity contribution >= 4 is 21.4 Å². The molecule has 0 atom stereocenters. The van der Waals surface area contributed by atoms with Crippen LogP contribution in [0.3, 0.4) is 0 Å². The molecule has 0 bridgehead atoms. The highest BCUT2D eigenvalue weighted by Crippen LogP contribution is 2.35. The first-order chi connectivity index (χ1) is 12.9.